The third-order valence-corrected chi connectivity index (χ3v) is 2.42. The van der Waals surface area contributed by atoms with Gasteiger partial charge in [0.15, 0.2) is 0 Å². The number of aliphatic hydroxyl groups excluding tert-OH is 2. The molecule has 2 nitrogen and oxygen atoms in total. The average molecular weight is 188 g/mol. The highest BCUT2D eigenvalue weighted by Crippen LogP contribution is 2.09. The van der Waals surface area contributed by atoms with E-state index in [-0.39, 0.29) is 6.10 Å². The Morgan fingerprint density at radius 2 is 1.46 bits per heavy atom. The van der Waals surface area contributed by atoms with Crippen LogP contribution in [0, 0.1) is 0 Å². The Morgan fingerprint density at radius 1 is 0.923 bits per heavy atom. The minimum absolute atomic E-state index is 0.0857. The van der Waals surface area contributed by atoms with Gasteiger partial charge in [-0.25, -0.2) is 0 Å². The number of unbranched alkanes of at least 4 members (excludes halogenated alkanes) is 5. The van der Waals surface area contributed by atoms with Crippen molar-refractivity contribution < 1.29 is 10.2 Å². The molecule has 1 atom stereocenters. The smallest absolute Gasteiger partial charge is 0.0537 e. The Hall–Kier alpha value is -0.0800. The van der Waals surface area contributed by atoms with E-state index in [1.807, 2.05) is 6.92 Å². The largest absolute Gasteiger partial charge is 0.396 e. The van der Waals surface area contributed by atoms with Crippen LogP contribution in [0.5, 0.6) is 0 Å². The van der Waals surface area contributed by atoms with Gasteiger partial charge in [-0.15, -0.1) is 0 Å². The molecule has 80 valence electrons. The van der Waals surface area contributed by atoms with E-state index in [1.165, 1.54) is 19.3 Å². The minimum atomic E-state index is -0.0857. The van der Waals surface area contributed by atoms with Crippen LogP contribution in [0.15, 0.2) is 0 Å². The maximum atomic E-state index is 9.27. The maximum absolute atomic E-state index is 9.27. The summed E-state index contributed by atoms with van der Waals surface area (Å²) in [5, 5.41) is 17.8. The summed E-state index contributed by atoms with van der Waals surface area (Å²) in [6.45, 7) is 2.35. The summed E-state index contributed by atoms with van der Waals surface area (Å²) in [7, 11) is 0. The lowest BCUT2D eigenvalue weighted by atomic mass is 10.1. The second-order valence-corrected chi connectivity index (χ2v) is 3.70. The van der Waals surface area contributed by atoms with E-state index in [2.05, 4.69) is 0 Å². The second kappa shape index (κ2) is 10.0. The standard InChI is InChI=1S/C11H24O2/c1-2-11(13)9-7-5-3-4-6-8-10-12/h11-13H,2-10H2,1H3. The van der Waals surface area contributed by atoms with Crippen LogP contribution in [0.1, 0.15) is 58.3 Å². The van der Waals surface area contributed by atoms with E-state index in [0.29, 0.717) is 6.61 Å². The quantitative estimate of drug-likeness (QED) is 0.546. The summed E-state index contributed by atoms with van der Waals surface area (Å²) in [5.74, 6) is 0. The van der Waals surface area contributed by atoms with Gasteiger partial charge in [-0.2, -0.15) is 0 Å². The van der Waals surface area contributed by atoms with Gasteiger partial charge in [0.1, 0.15) is 0 Å². The fraction of sp³-hybridized carbons (Fsp3) is 1.00. The Morgan fingerprint density at radius 3 is 2.00 bits per heavy atom. The Kier molecular flexibility index (Phi) is 9.94. The van der Waals surface area contributed by atoms with E-state index in [1.54, 1.807) is 0 Å². The fourth-order valence-electron chi connectivity index (χ4n) is 1.40. The summed E-state index contributed by atoms with van der Waals surface area (Å²) in [6.07, 6.45) is 8.68. The SMILES string of the molecule is CCC(O)CCCCCCCCO. The topological polar surface area (TPSA) is 40.5 Å². The molecule has 0 saturated heterocycles. The van der Waals surface area contributed by atoms with Crippen LogP contribution in [-0.4, -0.2) is 22.9 Å². The summed E-state index contributed by atoms with van der Waals surface area (Å²) < 4.78 is 0. The van der Waals surface area contributed by atoms with Gasteiger partial charge in [-0.1, -0.05) is 39.0 Å². The van der Waals surface area contributed by atoms with Gasteiger partial charge >= 0.3 is 0 Å². The molecule has 0 spiro atoms. The van der Waals surface area contributed by atoms with Gasteiger partial charge in [0.05, 0.1) is 6.10 Å². The first kappa shape index (κ1) is 12.9. The molecule has 0 amide bonds. The molecule has 0 radical (unpaired) electrons. The molecule has 0 aliphatic rings. The molecule has 0 aliphatic carbocycles. The van der Waals surface area contributed by atoms with Crippen LogP contribution >= 0.6 is 0 Å². The van der Waals surface area contributed by atoms with E-state index < -0.39 is 0 Å². The van der Waals surface area contributed by atoms with Crippen molar-refractivity contribution in [3.63, 3.8) is 0 Å². The number of hydrogen-bond acceptors (Lipinski definition) is 2. The van der Waals surface area contributed by atoms with Crippen LogP contribution in [0.4, 0.5) is 0 Å². The highest BCUT2D eigenvalue weighted by Gasteiger charge is 1.99. The average Bonchev–Trinajstić information content (AvgIpc) is 2.16. The number of aliphatic hydroxyl groups is 2. The molecular formula is C11H24O2. The molecule has 2 N–H and O–H groups in total. The van der Waals surface area contributed by atoms with Crippen LogP contribution in [0.3, 0.4) is 0 Å². The minimum Gasteiger partial charge on any atom is -0.396 e. The van der Waals surface area contributed by atoms with Crippen LogP contribution in [-0.2, 0) is 0 Å². The van der Waals surface area contributed by atoms with Gasteiger partial charge < -0.3 is 10.2 Å². The van der Waals surface area contributed by atoms with Crippen molar-refractivity contribution >= 4 is 0 Å². The molecular weight excluding hydrogens is 164 g/mol. The number of hydrogen-bond donors (Lipinski definition) is 2. The van der Waals surface area contributed by atoms with E-state index in [9.17, 15) is 5.11 Å². The highest BCUT2D eigenvalue weighted by atomic mass is 16.3. The van der Waals surface area contributed by atoms with Crippen molar-refractivity contribution in [1.29, 1.82) is 0 Å². The molecule has 0 heterocycles. The molecule has 1 unspecified atom stereocenters. The maximum Gasteiger partial charge on any atom is 0.0537 e. The van der Waals surface area contributed by atoms with Crippen molar-refractivity contribution in [2.45, 2.75) is 64.4 Å². The molecule has 0 saturated carbocycles. The molecule has 0 aliphatic heterocycles. The zero-order valence-electron chi connectivity index (χ0n) is 8.84. The van der Waals surface area contributed by atoms with Crippen LogP contribution < -0.4 is 0 Å². The van der Waals surface area contributed by atoms with E-state index in [4.69, 9.17) is 5.11 Å². The molecule has 13 heavy (non-hydrogen) atoms. The molecule has 0 aromatic carbocycles. The molecule has 0 rings (SSSR count). The Bertz CT molecular complexity index is 94.1. The van der Waals surface area contributed by atoms with Crippen LogP contribution in [0.2, 0.25) is 0 Å². The zero-order chi connectivity index (χ0) is 9.94. The van der Waals surface area contributed by atoms with Crippen molar-refractivity contribution in [3.8, 4) is 0 Å². The van der Waals surface area contributed by atoms with Crippen LogP contribution in [0.25, 0.3) is 0 Å². The summed E-state index contributed by atoms with van der Waals surface area (Å²) in [5.41, 5.74) is 0. The molecule has 2 heteroatoms. The third kappa shape index (κ3) is 9.84. The van der Waals surface area contributed by atoms with E-state index >= 15 is 0 Å². The van der Waals surface area contributed by atoms with Gasteiger partial charge in [-0.05, 0) is 19.3 Å². The van der Waals surface area contributed by atoms with Crippen molar-refractivity contribution in [1.82, 2.24) is 0 Å². The molecule has 0 aromatic heterocycles. The lowest BCUT2D eigenvalue weighted by molar-refractivity contribution is 0.156. The predicted octanol–water partition coefficient (Wildman–Crippen LogP) is 2.48. The van der Waals surface area contributed by atoms with Gasteiger partial charge in [0.2, 0.25) is 0 Å². The second-order valence-electron chi connectivity index (χ2n) is 3.70. The van der Waals surface area contributed by atoms with E-state index in [0.717, 1.165) is 32.1 Å². The Balaban J connectivity index is 2.91. The lowest BCUT2D eigenvalue weighted by Gasteiger charge is -2.06. The predicted molar refractivity (Wildman–Crippen MR) is 55.7 cm³/mol. The summed E-state index contributed by atoms with van der Waals surface area (Å²) in [6, 6.07) is 0. The fourth-order valence-corrected chi connectivity index (χ4v) is 1.40. The normalized spacial score (nSPS) is 13.2. The molecule has 0 aromatic rings. The van der Waals surface area contributed by atoms with Crippen molar-refractivity contribution in [2.75, 3.05) is 6.61 Å². The monoisotopic (exact) mass is 188 g/mol. The highest BCUT2D eigenvalue weighted by molar-refractivity contribution is 4.53. The first-order valence-electron chi connectivity index (χ1n) is 5.60. The lowest BCUT2D eigenvalue weighted by Crippen LogP contribution is -2.03. The van der Waals surface area contributed by atoms with Gasteiger partial charge in [0.25, 0.3) is 0 Å². The molecule has 0 bridgehead atoms. The van der Waals surface area contributed by atoms with Gasteiger partial charge in [-0.3, -0.25) is 0 Å². The third-order valence-electron chi connectivity index (χ3n) is 2.42. The Labute approximate surface area is 82.0 Å². The van der Waals surface area contributed by atoms with Crippen molar-refractivity contribution in [2.24, 2.45) is 0 Å². The molecule has 0 fully saturated rings. The summed E-state index contributed by atoms with van der Waals surface area (Å²) in [4.78, 5) is 0. The zero-order valence-corrected chi connectivity index (χ0v) is 8.84. The first-order chi connectivity index (χ1) is 6.31. The number of rotatable bonds is 9. The van der Waals surface area contributed by atoms with Gasteiger partial charge in [0, 0.05) is 6.61 Å². The first-order valence-corrected chi connectivity index (χ1v) is 5.60. The summed E-state index contributed by atoms with van der Waals surface area (Å²) >= 11 is 0. The van der Waals surface area contributed by atoms with Crippen molar-refractivity contribution in [3.05, 3.63) is 0 Å².